The van der Waals surface area contributed by atoms with Gasteiger partial charge in [-0.25, -0.2) is 0 Å². The van der Waals surface area contributed by atoms with E-state index in [1.807, 2.05) is 18.9 Å². The third-order valence-electron chi connectivity index (χ3n) is 2.85. The summed E-state index contributed by atoms with van der Waals surface area (Å²) < 4.78 is 37.2. The molecule has 19 heavy (non-hydrogen) atoms. The van der Waals surface area contributed by atoms with Gasteiger partial charge < -0.3 is 10.6 Å². The van der Waals surface area contributed by atoms with E-state index in [2.05, 4.69) is 0 Å². The molecule has 1 rings (SSSR count). The van der Waals surface area contributed by atoms with E-state index in [4.69, 9.17) is 11.1 Å². The molecule has 0 aliphatic carbocycles. The van der Waals surface area contributed by atoms with Gasteiger partial charge in [0, 0.05) is 19.0 Å². The fourth-order valence-corrected chi connectivity index (χ4v) is 1.74. The van der Waals surface area contributed by atoms with Crippen molar-refractivity contribution >= 4 is 5.84 Å². The molecule has 0 fully saturated rings. The topological polar surface area (TPSA) is 53.1 Å². The summed E-state index contributed by atoms with van der Waals surface area (Å²) in [5.41, 5.74) is 5.53. The highest BCUT2D eigenvalue weighted by Gasteiger charge is 2.29. The molecule has 0 aliphatic rings. The van der Waals surface area contributed by atoms with Crippen molar-refractivity contribution in [3.8, 4) is 0 Å². The molecule has 0 heterocycles. The van der Waals surface area contributed by atoms with Crippen molar-refractivity contribution in [2.24, 2.45) is 11.7 Å². The molecule has 0 aromatic heterocycles. The molecular formula is C13H18F3N3. The lowest BCUT2D eigenvalue weighted by Gasteiger charge is -2.20. The first-order chi connectivity index (χ1) is 8.70. The second-order valence-corrected chi connectivity index (χ2v) is 4.75. The van der Waals surface area contributed by atoms with Crippen LogP contribution in [0.15, 0.2) is 24.3 Å². The van der Waals surface area contributed by atoms with Gasteiger partial charge in [-0.15, -0.1) is 0 Å². The smallest absolute Gasteiger partial charge is 0.387 e. The van der Waals surface area contributed by atoms with Crippen molar-refractivity contribution in [2.75, 3.05) is 13.6 Å². The molecule has 0 spiro atoms. The van der Waals surface area contributed by atoms with Gasteiger partial charge in [0.1, 0.15) is 0 Å². The fraction of sp³-hybridized carbons (Fsp3) is 0.462. The first-order valence-electron chi connectivity index (χ1n) is 5.88. The van der Waals surface area contributed by atoms with Gasteiger partial charge in [0.15, 0.2) is 0 Å². The maximum absolute atomic E-state index is 12.4. The molecule has 0 radical (unpaired) electrons. The van der Waals surface area contributed by atoms with Gasteiger partial charge in [0.05, 0.1) is 11.4 Å². The maximum Gasteiger partial charge on any atom is 0.416 e. The van der Waals surface area contributed by atoms with E-state index >= 15 is 0 Å². The summed E-state index contributed by atoms with van der Waals surface area (Å²) in [6.45, 7) is 2.96. The molecule has 3 nitrogen and oxygen atoms in total. The number of nitrogens with one attached hydrogen (secondary N) is 1. The number of rotatable bonds is 5. The van der Waals surface area contributed by atoms with E-state index < -0.39 is 11.7 Å². The van der Waals surface area contributed by atoms with Crippen molar-refractivity contribution in [2.45, 2.75) is 19.6 Å². The third-order valence-corrected chi connectivity index (χ3v) is 2.85. The molecule has 6 heteroatoms. The Morgan fingerprint density at radius 1 is 1.32 bits per heavy atom. The summed E-state index contributed by atoms with van der Waals surface area (Å²) in [5, 5.41) is 7.30. The zero-order valence-corrected chi connectivity index (χ0v) is 11.0. The Labute approximate surface area is 110 Å². The Hall–Kier alpha value is -1.56. The third kappa shape index (κ3) is 4.90. The number of benzene rings is 1. The minimum atomic E-state index is -4.30. The van der Waals surface area contributed by atoms with Gasteiger partial charge in [0.2, 0.25) is 0 Å². The van der Waals surface area contributed by atoms with Crippen LogP contribution in [0.1, 0.15) is 18.1 Å². The average molecular weight is 273 g/mol. The number of nitrogens with two attached hydrogens (primary N) is 1. The number of hydrogen-bond acceptors (Lipinski definition) is 2. The number of halogens is 3. The Bertz CT molecular complexity index is 426. The second kappa shape index (κ2) is 6.06. The molecule has 1 unspecified atom stereocenters. The van der Waals surface area contributed by atoms with Crippen molar-refractivity contribution in [1.29, 1.82) is 5.41 Å². The number of amidine groups is 1. The van der Waals surface area contributed by atoms with Crippen LogP contribution in [-0.2, 0) is 12.7 Å². The molecule has 0 aliphatic heterocycles. The van der Waals surface area contributed by atoms with E-state index in [0.717, 1.165) is 17.7 Å². The van der Waals surface area contributed by atoms with Crippen molar-refractivity contribution in [1.82, 2.24) is 4.90 Å². The maximum atomic E-state index is 12.4. The molecule has 1 atom stereocenters. The lowest BCUT2D eigenvalue weighted by molar-refractivity contribution is -0.137. The molecule has 106 valence electrons. The van der Waals surface area contributed by atoms with E-state index in [1.165, 1.54) is 12.1 Å². The zero-order chi connectivity index (χ0) is 14.6. The van der Waals surface area contributed by atoms with Crippen LogP contribution in [-0.4, -0.2) is 24.3 Å². The number of hydrogen-bond donors (Lipinski definition) is 2. The van der Waals surface area contributed by atoms with Crippen LogP contribution >= 0.6 is 0 Å². The number of nitrogens with zero attached hydrogens (tertiary/aromatic N) is 1. The largest absolute Gasteiger partial charge is 0.416 e. The average Bonchev–Trinajstić information content (AvgIpc) is 2.28. The monoisotopic (exact) mass is 273 g/mol. The molecule has 0 amide bonds. The SMILES string of the molecule is CC(CN(C)Cc1ccc(C(F)(F)F)cc1)C(=N)N. The molecule has 0 saturated carbocycles. The highest BCUT2D eigenvalue weighted by Crippen LogP contribution is 2.29. The Kier molecular flexibility index (Phi) is 4.94. The lowest BCUT2D eigenvalue weighted by atomic mass is 10.1. The van der Waals surface area contributed by atoms with Crippen LogP contribution in [0.3, 0.4) is 0 Å². The van der Waals surface area contributed by atoms with Crippen molar-refractivity contribution in [3.63, 3.8) is 0 Å². The quantitative estimate of drug-likeness (QED) is 0.640. The predicted molar refractivity (Wildman–Crippen MR) is 68.9 cm³/mol. The molecular weight excluding hydrogens is 255 g/mol. The molecule has 0 bridgehead atoms. The summed E-state index contributed by atoms with van der Waals surface area (Å²) in [7, 11) is 1.84. The predicted octanol–water partition coefficient (Wildman–Crippen LogP) is 2.71. The van der Waals surface area contributed by atoms with E-state index in [9.17, 15) is 13.2 Å². The first kappa shape index (κ1) is 15.5. The van der Waals surface area contributed by atoms with Gasteiger partial charge in [-0.3, -0.25) is 5.41 Å². The minimum absolute atomic E-state index is 0.0700. The molecule has 1 aromatic rings. The van der Waals surface area contributed by atoms with Crippen LogP contribution in [0.2, 0.25) is 0 Å². The normalized spacial score (nSPS) is 13.6. The Morgan fingerprint density at radius 3 is 2.26 bits per heavy atom. The molecule has 1 aromatic carbocycles. The van der Waals surface area contributed by atoms with Crippen molar-refractivity contribution in [3.05, 3.63) is 35.4 Å². The Balaban J connectivity index is 2.61. The van der Waals surface area contributed by atoms with Crippen LogP contribution < -0.4 is 5.73 Å². The van der Waals surface area contributed by atoms with E-state index in [-0.39, 0.29) is 11.8 Å². The van der Waals surface area contributed by atoms with E-state index in [1.54, 1.807) is 0 Å². The van der Waals surface area contributed by atoms with Crippen LogP contribution in [0.5, 0.6) is 0 Å². The second-order valence-electron chi connectivity index (χ2n) is 4.75. The number of alkyl halides is 3. The summed E-state index contributed by atoms with van der Waals surface area (Å²) in [4.78, 5) is 1.93. The van der Waals surface area contributed by atoms with Gasteiger partial charge in [-0.2, -0.15) is 13.2 Å². The molecule has 3 N–H and O–H groups in total. The Morgan fingerprint density at radius 2 is 1.84 bits per heavy atom. The van der Waals surface area contributed by atoms with E-state index in [0.29, 0.717) is 13.1 Å². The highest BCUT2D eigenvalue weighted by atomic mass is 19.4. The van der Waals surface area contributed by atoms with Gasteiger partial charge in [-0.1, -0.05) is 19.1 Å². The summed E-state index contributed by atoms with van der Waals surface area (Å²) in [6, 6.07) is 5.10. The van der Waals surface area contributed by atoms with Gasteiger partial charge >= 0.3 is 6.18 Å². The van der Waals surface area contributed by atoms with Crippen LogP contribution in [0, 0.1) is 11.3 Å². The summed E-state index contributed by atoms with van der Waals surface area (Å²) in [5.74, 6) is 0.0405. The summed E-state index contributed by atoms with van der Waals surface area (Å²) >= 11 is 0. The minimum Gasteiger partial charge on any atom is -0.387 e. The lowest BCUT2D eigenvalue weighted by Crippen LogP contribution is -2.31. The summed E-state index contributed by atoms with van der Waals surface area (Å²) in [6.07, 6.45) is -4.30. The van der Waals surface area contributed by atoms with Crippen LogP contribution in [0.4, 0.5) is 13.2 Å². The fourth-order valence-electron chi connectivity index (χ4n) is 1.74. The van der Waals surface area contributed by atoms with Gasteiger partial charge in [-0.05, 0) is 24.7 Å². The van der Waals surface area contributed by atoms with Gasteiger partial charge in [0.25, 0.3) is 0 Å². The first-order valence-corrected chi connectivity index (χ1v) is 5.88. The highest BCUT2D eigenvalue weighted by molar-refractivity contribution is 5.79. The molecule has 0 saturated heterocycles. The van der Waals surface area contributed by atoms with Crippen molar-refractivity contribution < 1.29 is 13.2 Å². The van der Waals surface area contributed by atoms with Crippen LogP contribution in [0.25, 0.3) is 0 Å². The zero-order valence-electron chi connectivity index (χ0n) is 11.0. The standard InChI is InChI=1S/C13H18F3N3/c1-9(12(17)18)7-19(2)8-10-3-5-11(6-4-10)13(14,15)16/h3-6,9H,7-8H2,1-2H3,(H3,17,18).